The number of carboxylic acid groups (broad SMARTS) is 1. The highest BCUT2D eigenvalue weighted by Crippen LogP contribution is 2.39. The van der Waals surface area contributed by atoms with E-state index in [1.54, 1.807) is 24.3 Å². The summed E-state index contributed by atoms with van der Waals surface area (Å²) in [5.41, 5.74) is 0.687. The van der Waals surface area contributed by atoms with Crippen LogP contribution in [0.2, 0.25) is 0 Å². The van der Waals surface area contributed by atoms with Crippen LogP contribution in [0.25, 0.3) is 0 Å². The van der Waals surface area contributed by atoms with E-state index in [1.165, 1.54) is 10.5 Å². The van der Waals surface area contributed by atoms with Crippen LogP contribution in [0.5, 0.6) is 5.75 Å². The van der Waals surface area contributed by atoms with Crippen molar-refractivity contribution in [3.63, 3.8) is 0 Å². The highest BCUT2D eigenvalue weighted by molar-refractivity contribution is 5.99. The smallest absolute Gasteiger partial charge is 0.328 e. The van der Waals surface area contributed by atoms with Gasteiger partial charge in [0, 0.05) is 32.5 Å². The number of hydrogen-bond acceptors (Lipinski definition) is 5. The van der Waals surface area contributed by atoms with E-state index < -0.39 is 17.7 Å². The van der Waals surface area contributed by atoms with E-state index in [1.807, 2.05) is 25.1 Å². The second kappa shape index (κ2) is 9.08. The van der Waals surface area contributed by atoms with Crippen LogP contribution in [0.1, 0.15) is 35.7 Å². The van der Waals surface area contributed by atoms with Crippen molar-refractivity contribution >= 4 is 11.9 Å². The predicted molar refractivity (Wildman–Crippen MR) is 115 cm³/mol. The van der Waals surface area contributed by atoms with Crippen molar-refractivity contribution in [3.8, 4) is 5.75 Å². The minimum Gasteiger partial charge on any atom is -0.493 e. The van der Waals surface area contributed by atoms with Gasteiger partial charge in [-0.3, -0.25) is 14.6 Å². The summed E-state index contributed by atoms with van der Waals surface area (Å²) >= 11 is 0. The molecule has 2 heterocycles. The van der Waals surface area contributed by atoms with Crippen molar-refractivity contribution in [1.29, 1.82) is 0 Å². The summed E-state index contributed by atoms with van der Waals surface area (Å²) in [4.78, 5) is 29.3. The first kappa shape index (κ1) is 21.3. The molecule has 1 atom stereocenters. The van der Waals surface area contributed by atoms with Crippen LogP contribution < -0.4 is 4.74 Å². The maximum atomic E-state index is 13.6. The largest absolute Gasteiger partial charge is 0.493 e. The molecule has 31 heavy (non-hydrogen) atoms. The second-order valence-corrected chi connectivity index (χ2v) is 7.98. The molecule has 2 aromatic carbocycles. The van der Waals surface area contributed by atoms with Gasteiger partial charge >= 0.3 is 5.97 Å². The molecule has 164 valence electrons. The minimum absolute atomic E-state index is 0.00341. The summed E-state index contributed by atoms with van der Waals surface area (Å²) in [6.07, 6.45) is 1.12. The van der Waals surface area contributed by atoms with Crippen molar-refractivity contribution in [2.45, 2.75) is 38.1 Å². The lowest BCUT2D eigenvalue weighted by atomic mass is 9.96. The molecular formula is C24H28N2O5. The van der Waals surface area contributed by atoms with Gasteiger partial charge < -0.3 is 14.6 Å². The third-order valence-corrected chi connectivity index (χ3v) is 6.07. The van der Waals surface area contributed by atoms with Gasteiger partial charge in [-0.15, -0.1) is 0 Å². The molecule has 1 spiro atoms. The molecule has 0 radical (unpaired) electrons. The monoisotopic (exact) mass is 424 g/mol. The van der Waals surface area contributed by atoms with E-state index in [-0.39, 0.29) is 12.5 Å². The van der Waals surface area contributed by atoms with Crippen molar-refractivity contribution in [3.05, 3.63) is 65.7 Å². The maximum Gasteiger partial charge on any atom is 0.328 e. The number of carboxylic acids is 1. The molecule has 2 aliphatic heterocycles. The van der Waals surface area contributed by atoms with E-state index in [2.05, 4.69) is 17.0 Å². The number of carbonyl (C=O) groups is 2. The molecule has 0 unspecified atom stereocenters. The Bertz CT molecular complexity index is 925. The maximum absolute atomic E-state index is 13.6. The molecule has 0 bridgehead atoms. The van der Waals surface area contributed by atoms with Crippen molar-refractivity contribution < 1.29 is 24.2 Å². The molecular weight excluding hydrogens is 396 g/mol. The average molecular weight is 424 g/mol. The zero-order valence-electron chi connectivity index (χ0n) is 17.7. The number of ether oxygens (including phenoxy) is 2. The molecule has 7 nitrogen and oxygen atoms in total. The van der Waals surface area contributed by atoms with E-state index in [4.69, 9.17) is 9.47 Å². The fraction of sp³-hybridized carbons (Fsp3) is 0.417. The third-order valence-electron chi connectivity index (χ3n) is 6.07. The summed E-state index contributed by atoms with van der Waals surface area (Å²) in [5.74, 6) is -0.945. The Morgan fingerprint density at radius 3 is 2.45 bits per heavy atom. The van der Waals surface area contributed by atoms with Crippen LogP contribution in [0.4, 0.5) is 0 Å². The highest BCUT2D eigenvalue weighted by atomic mass is 16.5. The lowest BCUT2D eigenvalue weighted by Crippen LogP contribution is -2.58. The molecule has 1 amide bonds. The van der Waals surface area contributed by atoms with Crippen molar-refractivity contribution in [1.82, 2.24) is 9.80 Å². The van der Waals surface area contributed by atoms with E-state index in [9.17, 15) is 14.7 Å². The Morgan fingerprint density at radius 2 is 1.77 bits per heavy atom. The van der Waals surface area contributed by atoms with E-state index >= 15 is 0 Å². The standard InChI is InChI=1S/C24H28N2O5/c1-2-30-21-11-7-6-10-19(21)22(27)26-20(23(28)29)17-31-24(26)12-14-25(15-13-24)16-18-8-4-3-5-9-18/h3-11,20H,2,12-17H2,1H3,(H,28,29)/t20-/m1/s1. The van der Waals surface area contributed by atoms with Crippen LogP contribution in [0.3, 0.4) is 0 Å². The van der Waals surface area contributed by atoms with Crippen LogP contribution in [0, 0.1) is 0 Å². The molecule has 1 N–H and O–H groups in total. The number of rotatable bonds is 6. The van der Waals surface area contributed by atoms with Gasteiger partial charge in [0.1, 0.15) is 11.5 Å². The number of para-hydroxylation sites is 1. The van der Waals surface area contributed by atoms with Gasteiger partial charge in [0.2, 0.25) is 0 Å². The highest BCUT2D eigenvalue weighted by Gasteiger charge is 2.54. The number of carbonyl (C=O) groups excluding carboxylic acids is 1. The molecule has 2 fully saturated rings. The normalized spacial score (nSPS) is 20.7. The van der Waals surface area contributed by atoms with Gasteiger partial charge in [0.15, 0.2) is 6.04 Å². The molecule has 2 saturated heterocycles. The van der Waals surface area contributed by atoms with Gasteiger partial charge in [-0.2, -0.15) is 0 Å². The lowest BCUT2D eigenvalue weighted by molar-refractivity contribution is -0.144. The Morgan fingerprint density at radius 1 is 1.10 bits per heavy atom. The van der Waals surface area contributed by atoms with E-state index in [0.29, 0.717) is 30.8 Å². The molecule has 2 aliphatic rings. The number of benzene rings is 2. The van der Waals surface area contributed by atoms with Gasteiger partial charge in [0.05, 0.1) is 18.8 Å². The number of likely N-dealkylation sites (tertiary alicyclic amines) is 1. The predicted octanol–water partition coefficient (Wildman–Crippen LogP) is 3.00. The quantitative estimate of drug-likeness (QED) is 0.768. The Hall–Kier alpha value is -2.90. The number of piperidine rings is 1. The molecule has 0 aliphatic carbocycles. The van der Waals surface area contributed by atoms with Crippen LogP contribution in [0.15, 0.2) is 54.6 Å². The first-order valence-corrected chi connectivity index (χ1v) is 10.7. The van der Waals surface area contributed by atoms with Crippen LogP contribution in [-0.2, 0) is 16.1 Å². The van der Waals surface area contributed by atoms with Gasteiger partial charge in [-0.25, -0.2) is 4.79 Å². The zero-order chi connectivity index (χ0) is 21.8. The fourth-order valence-corrected chi connectivity index (χ4v) is 4.51. The fourth-order valence-electron chi connectivity index (χ4n) is 4.51. The average Bonchev–Trinajstić information content (AvgIpc) is 3.15. The topological polar surface area (TPSA) is 79.3 Å². The van der Waals surface area contributed by atoms with Gasteiger partial charge in [-0.1, -0.05) is 42.5 Å². The van der Waals surface area contributed by atoms with Crippen molar-refractivity contribution in [2.75, 3.05) is 26.3 Å². The van der Waals surface area contributed by atoms with Crippen LogP contribution in [-0.4, -0.2) is 64.9 Å². The summed E-state index contributed by atoms with van der Waals surface area (Å²) in [6, 6.07) is 16.2. The Labute approximate surface area is 182 Å². The van der Waals surface area contributed by atoms with Gasteiger partial charge in [0.25, 0.3) is 5.91 Å². The summed E-state index contributed by atoms with van der Waals surface area (Å²) in [6.45, 7) is 4.53. The Kier molecular flexibility index (Phi) is 6.25. The number of nitrogens with zero attached hydrogens (tertiary/aromatic N) is 2. The third kappa shape index (κ3) is 4.29. The molecule has 7 heteroatoms. The molecule has 0 aromatic heterocycles. The van der Waals surface area contributed by atoms with E-state index in [0.717, 1.165) is 19.6 Å². The first-order valence-electron chi connectivity index (χ1n) is 10.7. The zero-order valence-corrected chi connectivity index (χ0v) is 17.7. The summed E-state index contributed by atoms with van der Waals surface area (Å²) in [7, 11) is 0. The first-order chi connectivity index (χ1) is 15.0. The van der Waals surface area contributed by atoms with Crippen molar-refractivity contribution in [2.24, 2.45) is 0 Å². The summed E-state index contributed by atoms with van der Waals surface area (Å²) < 4.78 is 11.7. The molecule has 2 aromatic rings. The SMILES string of the molecule is CCOc1ccccc1C(=O)N1[C@@H](C(=O)O)COC12CCN(Cc1ccccc1)CC2. The Balaban J connectivity index is 1.56. The minimum atomic E-state index is -1.05. The second-order valence-electron chi connectivity index (χ2n) is 7.98. The number of hydrogen-bond donors (Lipinski definition) is 1. The summed E-state index contributed by atoms with van der Waals surface area (Å²) in [5, 5.41) is 9.80. The van der Waals surface area contributed by atoms with Crippen LogP contribution >= 0.6 is 0 Å². The lowest BCUT2D eigenvalue weighted by Gasteiger charge is -2.44. The molecule has 0 saturated carbocycles. The molecule has 4 rings (SSSR count). The van der Waals surface area contributed by atoms with Gasteiger partial charge in [-0.05, 0) is 24.6 Å². The number of amides is 1. The number of aliphatic carboxylic acids is 1.